The molecule has 2 aromatic carbocycles. The number of allylic oxidation sites excluding steroid dienone is 3. The van der Waals surface area contributed by atoms with Gasteiger partial charge in [-0.1, -0.05) is 78.4 Å². The van der Waals surface area contributed by atoms with Crippen molar-refractivity contribution in [1.29, 1.82) is 0 Å². The molecule has 2 atom stereocenters. The summed E-state index contributed by atoms with van der Waals surface area (Å²) in [4.78, 5) is 17.4. The lowest BCUT2D eigenvalue weighted by Crippen LogP contribution is -2.48. The van der Waals surface area contributed by atoms with Crippen molar-refractivity contribution in [2.75, 3.05) is 26.7 Å². The van der Waals surface area contributed by atoms with Crippen molar-refractivity contribution < 1.29 is 9.28 Å². The Kier molecular flexibility index (Phi) is 7.45. The predicted octanol–water partition coefficient (Wildman–Crippen LogP) is 6.68. The van der Waals surface area contributed by atoms with E-state index < -0.39 is 0 Å². The minimum absolute atomic E-state index is 0.213. The second kappa shape index (κ2) is 10.8. The largest absolute Gasteiger partial charge is 0.394 e. The Morgan fingerprint density at radius 2 is 1.84 bits per heavy atom. The van der Waals surface area contributed by atoms with Crippen LogP contribution in [0.15, 0.2) is 88.5 Å². The number of thioether (sulfide) groups is 1. The summed E-state index contributed by atoms with van der Waals surface area (Å²) in [6.45, 7) is 6.34. The summed E-state index contributed by atoms with van der Waals surface area (Å²) in [6.07, 6.45) is 10.6. The van der Waals surface area contributed by atoms with Crippen molar-refractivity contribution in [3.8, 4) is 0 Å². The highest BCUT2D eigenvalue weighted by molar-refractivity contribution is 8.06. The van der Waals surface area contributed by atoms with E-state index in [2.05, 4.69) is 98.7 Å². The van der Waals surface area contributed by atoms with Gasteiger partial charge in [0.2, 0.25) is 0 Å². The minimum Gasteiger partial charge on any atom is -0.394 e. The summed E-state index contributed by atoms with van der Waals surface area (Å²) in [5, 5.41) is 0.891. The van der Waals surface area contributed by atoms with Crippen LogP contribution >= 0.6 is 11.8 Å². The molecule has 192 valence electrons. The number of aryl methyl sites for hydroxylation is 1. The van der Waals surface area contributed by atoms with Crippen LogP contribution in [0.2, 0.25) is 0 Å². The standard InChI is InChI=1S/C32H38N3OS/c1-4-24-20-29(25-10-6-5-7-11-25)35(3,21-28(24)27-12-8-9-23(2)19-27)22-32(36)34-17-15-26-13-14-31(33)37-30(26)16-18-34/h5-12,14,19-21,24H,4,13,15-18,22,33H2,1-3H3/q+1. The Morgan fingerprint density at radius 1 is 1.08 bits per heavy atom. The first kappa shape index (κ1) is 25.6. The van der Waals surface area contributed by atoms with Crippen molar-refractivity contribution in [1.82, 2.24) is 4.90 Å². The molecule has 37 heavy (non-hydrogen) atoms. The van der Waals surface area contributed by atoms with E-state index in [4.69, 9.17) is 5.73 Å². The summed E-state index contributed by atoms with van der Waals surface area (Å²) in [5.74, 6) is 0.521. The third-order valence-electron chi connectivity index (χ3n) is 7.89. The quantitative estimate of drug-likeness (QED) is 0.455. The van der Waals surface area contributed by atoms with Gasteiger partial charge in [0, 0.05) is 30.1 Å². The van der Waals surface area contributed by atoms with E-state index in [9.17, 15) is 4.79 Å². The molecule has 0 saturated heterocycles. The highest BCUT2D eigenvalue weighted by atomic mass is 32.2. The van der Waals surface area contributed by atoms with Crippen LogP contribution in [0.1, 0.15) is 49.3 Å². The van der Waals surface area contributed by atoms with Crippen LogP contribution in [0.3, 0.4) is 0 Å². The molecule has 0 saturated carbocycles. The van der Waals surface area contributed by atoms with Crippen LogP contribution in [-0.4, -0.2) is 42.0 Å². The summed E-state index contributed by atoms with van der Waals surface area (Å²) in [5.41, 5.74) is 13.7. The maximum atomic E-state index is 13.9. The van der Waals surface area contributed by atoms with Crippen molar-refractivity contribution in [2.45, 2.75) is 39.5 Å². The lowest BCUT2D eigenvalue weighted by atomic mass is 9.85. The molecule has 0 spiro atoms. The van der Waals surface area contributed by atoms with Crippen LogP contribution < -0.4 is 5.73 Å². The number of hydrogen-bond donors (Lipinski definition) is 1. The SMILES string of the molecule is CCC1C=C(c2ccccc2)[N+](C)(CC(=O)N2CCC3=C(CC2)SC(N)=CC3)C=C1c1cccc(C)c1. The van der Waals surface area contributed by atoms with E-state index in [1.165, 1.54) is 38.4 Å². The van der Waals surface area contributed by atoms with E-state index in [0.717, 1.165) is 43.8 Å². The van der Waals surface area contributed by atoms with Gasteiger partial charge in [0.25, 0.3) is 5.91 Å². The molecule has 2 unspecified atom stereocenters. The zero-order valence-electron chi connectivity index (χ0n) is 22.2. The topological polar surface area (TPSA) is 46.3 Å². The van der Waals surface area contributed by atoms with Crippen molar-refractivity contribution in [3.05, 3.63) is 105 Å². The molecule has 5 rings (SSSR count). The molecule has 3 aliphatic rings. The summed E-state index contributed by atoms with van der Waals surface area (Å²) in [6, 6.07) is 19.3. The fourth-order valence-corrected chi connectivity index (χ4v) is 6.79. The summed E-state index contributed by atoms with van der Waals surface area (Å²) >= 11 is 1.69. The third kappa shape index (κ3) is 5.48. The van der Waals surface area contributed by atoms with Gasteiger partial charge in [-0.25, -0.2) is 0 Å². The number of amides is 1. The number of likely N-dealkylation sites (N-methyl/N-ethyl adjacent to an activating group) is 1. The molecule has 2 N–H and O–H groups in total. The fraction of sp³-hybridized carbons (Fsp3) is 0.344. The number of nitrogens with two attached hydrogens (primary N) is 1. The molecule has 0 bridgehead atoms. The molecule has 0 aromatic heterocycles. The van der Waals surface area contributed by atoms with Crippen LogP contribution in [0, 0.1) is 12.8 Å². The molecule has 3 aliphatic heterocycles. The normalized spacial score (nSPS) is 24.0. The molecule has 3 heterocycles. The maximum Gasteiger partial charge on any atom is 0.278 e. The zero-order chi connectivity index (χ0) is 26.0. The Labute approximate surface area is 225 Å². The smallest absolute Gasteiger partial charge is 0.278 e. The van der Waals surface area contributed by atoms with E-state index in [1.807, 2.05) is 0 Å². The van der Waals surface area contributed by atoms with Gasteiger partial charge in [0.15, 0.2) is 6.54 Å². The highest BCUT2D eigenvalue weighted by Gasteiger charge is 2.38. The van der Waals surface area contributed by atoms with E-state index in [1.54, 1.807) is 11.8 Å². The van der Waals surface area contributed by atoms with Gasteiger partial charge in [0.1, 0.15) is 11.9 Å². The van der Waals surface area contributed by atoms with Crippen LogP contribution in [-0.2, 0) is 4.79 Å². The van der Waals surface area contributed by atoms with Crippen molar-refractivity contribution in [2.24, 2.45) is 11.7 Å². The maximum absolute atomic E-state index is 13.9. The first-order valence-corrected chi connectivity index (χ1v) is 14.2. The minimum atomic E-state index is 0.213. The predicted molar refractivity (Wildman–Crippen MR) is 156 cm³/mol. The van der Waals surface area contributed by atoms with Crippen molar-refractivity contribution in [3.63, 3.8) is 0 Å². The highest BCUT2D eigenvalue weighted by Crippen LogP contribution is 2.41. The first-order valence-electron chi connectivity index (χ1n) is 13.4. The number of benzene rings is 2. The second-order valence-corrected chi connectivity index (χ2v) is 11.8. The van der Waals surface area contributed by atoms with Gasteiger partial charge in [-0.2, -0.15) is 0 Å². The number of carbonyl (C=O) groups excluding carboxylic acids is 1. The van der Waals surface area contributed by atoms with Crippen LogP contribution in [0.4, 0.5) is 0 Å². The monoisotopic (exact) mass is 512 g/mol. The number of nitrogens with zero attached hydrogens (tertiary/aromatic N) is 2. The second-order valence-electron chi connectivity index (χ2n) is 10.6. The lowest BCUT2D eigenvalue weighted by Gasteiger charge is -2.38. The molecule has 0 aliphatic carbocycles. The van der Waals surface area contributed by atoms with Gasteiger partial charge in [0.05, 0.1) is 12.1 Å². The molecule has 0 fully saturated rings. The van der Waals surface area contributed by atoms with Crippen molar-refractivity contribution >= 4 is 28.9 Å². The molecular weight excluding hydrogens is 474 g/mol. The van der Waals surface area contributed by atoms with E-state index in [-0.39, 0.29) is 5.91 Å². The van der Waals surface area contributed by atoms with Gasteiger partial charge in [-0.3, -0.25) is 9.28 Å². The van der Waals surface area contributed by atoms with E-state index >= 15 is 0 Å². The van der Waals surface area contributed by atoms with Gasteiger partial charge in [-0.05, 0) is 61.3 Å². The fourth-order valence-electron chi connectivity index (χ4n) is 5.82. The van der Waals surface area contributed by atoms with Gasteiger partial charge < -0.3 is 10.6 Å². The molecule has 4 nitrogen and oxygen atoms in total. The van der Waals surface area contributed by atoms with Gasteiger partial charge >= 0.3 is 0 Å². The van der Waals surface area contributed by atoms with Crippen LogP contribution in [0.25, 0.3) is 11.3 Å². The number of quaternary nitrogens is 1. The average molecular weight is 513 g/mol. The Morgan fingerprint density at radius 3 is 2.59 bits per heavy atom. The Hall–Kier alpha value is -3.02. The Bertz CT molecular complexity index is 1310. The van der Waals surface area contributed by atoms with Gasteiger partial charge in [-0.15, -0.1) is 0 Å². The third-order valence-corrected chi connectivity index (χ3v) is 9.03. The zero-order valence-corrected chi connectivity index (χ0v) is 23.1. The number of rotatable bonds is 5. The Balaban J connectivity index is 1.46. The molecule has 2 aromatic rings. The van der Waals surface area contributed by atoms with E-state index in [0.29, 0.717) is 16.9 Å². The molecule has 5 heteroatoms. The first-order chi connectivity index (χ1) is 17.9. The average Bonchev–Trinajstić information content (AvgIpc) is 3.11. The molecular formula is C32H38N3OS+. The number of hydrogen-bond acceptors (Lipinski definition) is 3. The number of carbonyl (C=O) groups is 1. The molecule has 1 amide bonds. The lowest BCUT2D eigenvalue weighted by molar-refractivity contribution is -0.777. The summed E-state index contributed by atoms with van der Waals surface area (Å²) < 4.78 is 0.468. The summed E-state index contributed by atoms with van der Waals surface area (Å²) in [7, 11) is 2.19. The van der Waals surface area contributed by atoms with Crippen LogP contribution in [0.5, 0.6) is 0 Å². The molecule has 0 radical (unpaired) electrons.